The highest BCUT2D eigenvalue weighted by molar-refractivity contribution is 5.85. The molecule has 4 aromatic carbocycles. The summed E-state index contributed by atoms with van der Waals surface area (Å²) in [5, 5.41) is 1.20. The summed E-state index contributed by atoms with van der Waals surface area (Å²) in [6.07, 6.45) is 2.16. The van der Waals surface area contributed by atoms with Gasteiger partial charge in [0.15, 0.2) is 17.7 Å². The quantitative estimate of drug-likeness (QED) is 0.242. The molecular formula is C30H26INO2. The summed E-state index contributed by atoms with van der Waals surface area (Å²) < 4.78 is 13.7. The maximum atomic E-state index is 5.79. The third kappa shape index (κ3) is 4.50. The van der Waals surface area contributed by atoms with Gasteiger partial charge in [0.05, 0.1) is 14.2 Å². The van der Waals surface area contributed by atoms with Gasteiger partial charge in [0.1, 0.15) is 7.05 Å². The lowest BCUT2D eigenvalue weighted by atomic mass is 9.95. The van der Waals surface area contributed by atoms with Crippen molar-refractivity contribution in [3.8, 4) is 44.9 Å². The van der Waals surface area contributed by atoms with E-state index < -0.39 is 0 Å². The fourth-order valence-electron chi connectivity index (χ4n) is 4.39. The van der Waals surface area contributed by atoms with Gasteiger partial charge in [-0.05, 0) is 46.5 Å². The minimum atomic E-state index is 0. The van der Waals surface area contributed by atoms with Crippen LogP contribution < -0.4 is 38.0 Å². The number of nitrogens with zero attached hydrogens (tertiary/aromatic N) is 1. The first-order valence-corrected chi connectivity index (χ1v) is 11.0. The number of methoxy groups -OCH3 is 2. The molecule has 5 aromatic rings. The number of rotatable bonds is 5. The van der Waals surface area contributed by atoms with Crippen LogP contribution >= 0.6 is 0 Å². The minimum Gasteiger partial charge on any atom is -1.00 e. The molecule has 0 saturated heterocycles. The van der Waals surface area contributed by atoms with Crippen molar-refractivity contribution in [2.45, 2.75) is 0 Å². The molecule has 0 atom stereocenters. The van der Waals surface area contributed by atoms with Crippen molar-refractivity contribution in [2.75, 3.05) is 14.2 Å². The Balaban J connectivity index is 0.00000274. The van der Waals surface area contributed by atoms with Gasteiger partial charge >= 0.3 is 0 Å². The first-order chi connectivity index (χ1) is 16.2. The van der Waals surface area contributed by atoms with Gasteiger partial charge in [-0.15, -0.1) is 0 Å². The molecule has 0 saturated carbocycles. The number of ether oxygens (including phenoxy) is 2. The summed E-state index contributed by atoms with van der Waals surface area (Å²) in [5.74, 6) is 1.45. The summed E-state index contributed by atoms with van der Waals surface area (Å²) in [6.45, 7) is 0. The molecule has 3 nitrogen and oxygen atoms in total. The number of hydrogen-bond acceptors (Lipinski definition) is 2. The highest BCUT2D eigenvalue weighted by Crippen LogP contribution is 2.42. The van der Waals surface area contributed by atoms with Crippen LogP contribution in [-0.2, 0) is 7.05 Å². The van der Waals surface area contributed by atoms with Crippen molar-refractivity contribution in [3.05, 3.63) is 103 Å². The average molecular weight is 559 g/mol. The number of halogens is 1. The predicted molar refractivity (Wildman–Crippen MR) is 135 cm³/mol. The Morgan fingerprint density at radius 3 is 1.94 bits per heavy atom. The maximum Gasteiger partial charge on any atom is 0.212 e. The average Bonchev–Trinajstić information content (AvgIpc) is 2.88. The third-order valence-electron chi connectivity index (χ3n) is 6.08. The lowest BCUT2D eigenvalue weighted by molar-refractivity contribution is -0.644. The Bertz CT molecular complexity index is 1430. The van der Waals surface area contributed by atoms with E-state index in [0.29, 0.717) is 5.75 Å². The van der Waals surface area contributed by atoms with E-state index in [9.17, 15) is 0 Å². The van der Waals surface area contributed by atoms with Crippen LogP contribution in [0.2, 0.25) is 0 Å². The molecule has 0 radical (unpaired) electrons. The number of benzene rings is 4. The van der Waals surface area contributed by atoms with Crippen molar-refractivity contribution >= 4 is 10.9 Å². The molecule has 5 rings (SSSR count). The van der Waals surface area contributed by atoms with E-state index in [1.807, 2.05) is 12.1 Å². The fourth-order valence-corrected chi connectivity index (χ4v) is 4.39. The highest BCUT2D eigenvalue weighted by Gasteiger charge is 2.17. The summed E-state index contributed by atoms with van der Waals surface area (Å²) in [5.41, 5.74) is 7.86. The first kappa shape index (κ1) is 23.8. The molecule has 4 heteroatoms. The largest absolute Gasteiger partial charge is 1.00 e. The molecule has 0 fully saturated rings. The second-order valence-electron chi connectivity index (χ2n) is 8.10. The second-order valence-corrected chi connectivity index (χ2v) is 8.10. The summed E-state index contributed by atoms with van der Waals surface area (Å²) >= 11 is 0. The zero-order valence-electron chi connectivity index (χ0n) is 19.5. The Labute approximate surface area is 217 Å². The van der Waals surface area contributed by atoms with Crippen molar-refractivity contribution in [1.29, 1.82) is 0 Å². The van der Waals surface area contributed by atoms with Gasteiger partial charge in [0, 0.05) is 22.6 Å². The number of para-hydroxylation sites is 1. The van der Waals surface area contributed by atoms with E-state index in [0.717, 1.165) is 28.0 Å². The molecule has 1 heterocycles. The molecule has 0 amide bonds. The van der Waals surface area contributed by atoms with Crippen molar-refractivity contribution < 1.29 is 38.0 Å². The van der Waals surface area contributed by atoms with Crippen LogP contribution in [-0.4, -0.2) is 14.2 Å². The molecule has 170 valence electrons. The number of aromatic nitrogens is 1. The smallest absolute Gasteiger partial charge is 0.212 e. The van der Waals surface area contributed by atoms with Gasteiger partial charge in [-0.1, -0.05) is 66.7 Å². The monoisotopic (exact) mass is 559 g/mol. The molecule has 0 aliphatic heterocycles. The zero-order chi connectivity index (χ0) is 22.8. The van der Waals surface area contributed by atoms with E-state index >= 15 is 0 Å². The van der Waals surface area contributed by atoms with Gasteiger partial charge in [0.25, 0.3) is 0 Å². The molecule has 0 aliphatic carbocycles. The molecule has 0 bridgehead atoms. The fraction of sp³-hybridized carbons (Fsp3) is 0.100. The molecule has 0 N–H and O–H groups in total. The van der Waals surface area contributed by atoms with Gasteiger partial charge < -0.3 is 33.5 Å². The molecule has 34 heavy (non-hydrogen) atoms. The number of hydrogen-bond donors (Lipinski definition) is 0. The third-order valence-corrected chi connectivity index (χ3v) is 6.08. The minimum absolute atomic E-state index is 0. The van der Waals surface area contributed by atoms with Crippen LogP contribution in [0.4, 0.5) is 0 Å². The topological polar surface area (TPSA) is 22.3 Å². The van der Waals surface area contributed by atoms with Crippen molar-refractivity contribution in [1.82, 2.24) is 0 Å². The molecular weight excluding hydrogens is 533 g/mol. The van der Waals surface area contributed by atoms with E-state index in [-0.39, 0.29) is 24.0 Å². The van der Waals surface area contributed by atoms with Gasteiger partial charge in [0.2, 0.25) is 5.52 Å². The number of fused-ring (bicyclic) bond motifs is 1. The summed E-state index contributed by atoms with van der Waals surface area (Å²) in [6, 6.07) is 33.9. The second kappa shape index (κ2) is 10.3. The molecule has 0 unspecified atom stereocenters. The lowest BCUT2D eigenvalue weighted by Crippen LogP contribution is -3.00. The Kier molecular flexibility index (Phi) is 7.17. The van der Waals surface area contributed by atoms with Crippen LogP contribution in [0.15, 0.2) is 103 Å². The van der Waals surface area contributed by atoms with Gasteiger partial charge in [-0.3, -0.25) is 0 Å². The Morgan fingerprint density at radius 2 is 1.24 bits per heavy atom. The normalized spacial score (nSPS) is 10.6. The van der Waals surface area contributed by atoms with E-state index in [4.69, 9.17) is 9.47 Å². The molecule has 0 spiro atoms. The molecule has 0 aliphatic rings. The first-order valence-electron chi connectivity index (χ1n) is 11.0. The van der Waals surface area contributed by atoms with E-state index in [1.54, 1.807) is 14.2 Å². The van der Waals surface area contributed by atoms with Gasteiger partial charge in [-0.25, -0.2) is 4.57 Å². The standard InChI is InChI=1S/C30H26NO2.HI/c1-31-20-26(17-24-11-7-8-12-28(24)31)25-18-27(30(33-3)29(19-25)32-2)23-15-13-22(14-16-23)21-9-5-4-6-10-21;/h4-20H,1-3H3;1H/q+1;/p-1. The highest BCUT2D eigenvalue weighted by atomic mass is 127. The lowest BCUT2D eigenvalue weighted by Gasteiger charge is -2.16. The van der Waals surface area contributed by atoms with Crippen molar-refractivity contribution in [2.24, 2.45) is 7.05 Å². The predicted octanol–water partition coefficient (Wildman–Crippen LogP) is 3.69. The maximum absolute atomic E-state index is 5.79. The number of pyridine rings is 1. The van der Waals surface area contributed by atoms with Crippen LogP contribution in [0.25, 0.3) is 44.3 Å². The summed E-state index contributed by atoms with van der Waals surface area (Å²) in [4.78, 5) is 0. The Hall–Kier alpha value is -3.38. The van der Waals surface area contributed by atoms with E-state index in [1.165, 1.54) is 22.0 Å². The van der Waals surface area contributed by atoms with E-state index in [2.05, 4.69) is 103 Å². The summed E-state index contributed by atoms with van der Waals surface area (Å²) in [7, 11) is 5.45. The zero-order valence-corrected chi connectivity index (χ0v) is 21.6. The van der Waals surface area contributed by atoms with Crippen LogP contribution in [0.1, 0.15) is 0 Å². The van der Waals surface area contributed by atoms with Crippen LogP contribution in [0.3, 0.4) is 0 Å². The molecule has 1 aromatic heterocycles. The van der Waals surface area contributed by atoms with Crippen LogP contribution in [0, 0.1) is 0 Å². The van der Waals surface area contributed by atoms with Crippen LogP contribution in [0.5, 0.6) is 11.5 Å². The number of aryl methyl sites for hydroxylation is 1. The van der Waals surface area contributed by atoms with Gasteiger partial charge in [-0.2, -0.15) is 0 Å². The van der Waals surface area contributed by atoms with Crippen molar-refractivity contribution in [3.63, 3.8) is 0 Å². The Morgan fingerprint density at radius 1 is 0.588 bits per heavy atom. The SMILES string of the molecule is COc1cc(-c2cc3ccccc3[n+](C)c2)cc(-c2ccc(-c3ccccc3)cc2)c1OC.[I-].